The summed E-state index contributed by atoms with van der Waals surface area (Å²) in [5.41, 5.74) is 3.30. The van der Waals surface area contributed by atoms with Crippen LogP contribution >= 0.6 is 0 Å². The molecule has 1 heterocycles. The lowest BCUT2D eigenvalue weighted by Gasteiger charge is -2.13. The lowest BCUT2D eigenvalue weighted by molar-refractivity contribution is 0.294. The SMILES string of the molecule is CCNCc1cccc(C)c1OCc1ccn(C)n1. The van der Waals surface area contributed by atoms with Crippen molar-refractivity contribution in [3.8, 4) is 5.75 Å². The van der Waals surface area contributed by atoms with Crippen LogP contribution in [0, 0.1) is 6.92 Å². The van der Waals surface area contributed by atoms with Crippen molar-refractivity contribution < 1.29 is 4.74 Å². The number of aromatic nitrogens is 2. The number of rotatable bonds is 6. The summed E-state index contributed by atoms with van der Waals surface area (Å²) in [6, 6.07) is 8.21. The molecule has 2 rings (SSSR count). The molecule has 4 nitrogen and oxygen atoms in total. The average Bonchev–Trinajstić information content (AvgIpc) is 2.81. The van der Waals surface area contributed by atoms with Gasteiger partial charge in [0.1, 0.15) is 12.4 Å². The number of nitrogens with one attached hydrogen (secondary N) is 1. The molecule has 0 radical (unpaired) electrons. The van der Waals surface area contributed by atoms with Crippen molar-refractivity contribution in [3.63, 3.8) is 0 Å². The van der Waals surface area contributed by atoms with Crippen LogP contribution in [0.5, 0.6) is 5.75 Å². The molecule has 0 spiro atoms. The quantitative estimate of drug-likeness (QED) is 0.866. The Bertz CT molecular complexity index is 534. The fourth-order valence-corrected chi connectivity index (χ4v) is 2.00. The van der Waals surface area contributed by atoms with Gasteiger partial charge in [0.2, 0.25) is 0 Å². The number of nitrogens with zero attached hydrogens (tertiary/aromatic N) is 2. The van der Waals surface area contributed by atoms with Gasteiger partial charge in [0, 0.05) is 25.4 Å². The fraction of sp³-hybridized carbons (Fsp3) is 0.400. The predicted molar refractivity (Wildman–Crippen MR) is 76.1 cm³/mol. The smallest absolute Gasteiger partial charge is 0.132 e. The highest BCUT2D eigenvalue weighted by molar-refractivity contribution is 5.40. The summed E-state index contributed by atoms with van der Waals surface area (Å²) in [5, 5.41) is 7.66. The molecule has 4 heteroatoms. The molecule has 0 aliphatic carbocycles. The number of hydrogen-bond acceptors (Lipinski definition) is 3. The van der Waals surface area contributed by atoms with Gasteiger partial charge >= 0.3 is 0 Å². The van der Waals surface area contributed by atoms with Crippen molar-refractivity contribution >= 4 is 0 Å². The van der Waals surface area contributed by atoms with Crippen molar-refractivity contribution in [1.82, 2.24) is 15.1 Å². The van der Waals surface area contributed by atoms with E-state index in [1.54, 1.807) is 4.68 Å². The second-order valence-electron chi connectivity index (χ2n) is 4.61. The third-order valence-corrected chi connectivity index (χ3v) is 2.99. The predicted octanol–water partition coefficient (Wildman–Crippen LogP) is 2.42. The highest BCUT2D eigenvalue weighted by atomic mass is 16.5. The van der Waals surface area contributed by atoms with E-state index in [0.29, 0.717) is 6.61 Å². The first-order chi connectivity index (χ1) is 9.20. The summed E-state index contributed by atoms with van der Waals surface area (Å²) < 4.78 is 7.74. The van der Waals surface area contributed by atoms with E-state index in [9.17, 15) is 0 Å². The summed E-state index contributed by atoms with van der Waals surface area (Å²) in [7, 11) is 1.91. The molecule has 0 bridgehead atoms. The molecular formula is C15H21N3O. The molecule has 1 N–H and O–H groups in total. The van der Waals surface area contributed by atoms with Gasteiger partial charge in [0.25, 0.3) is 0 Å². The van der Waals surface area contributed by atoms with Crippen LogP contribution in [0.3, 0.4) is 0 Å². The summed E-state index contributed by atoms with van der Waals surface area (Å²) in [5.74, 6) is 0.967. The zero-order valence-electron chi connectivity index (χ0n) is 11.8. The molecule has 0 unspecified atom stereocenters. The van der Waals surface area contributed by atoms with Gasteiger partial charge in [0.05, 0.1) is 5.69 Å². The van der Waals surface area contributed by atoms with Crippen LogP contribution in [-0.2, 0) is 20.2 Å². The molecule has 0 fully saturated rings. The summed E-state index contributed by atoms with van der Waals surface area (Å²) in [6.45, 7) is 6.46. The first-order valence-electron chi connectivity index (χ1n) is 6.61. The van der Waals surface area contributed by atoms with Crippen molar-refractivity contribution in [1.29, 1.82) is 0 Å². The zero-order chi connectivity index (χ0) is 13.7. The number of benzene rings is 1. The fourth-order valence-electron chi connectivity index (χ4n) is 2.00. The van der Waals surface area contributed by atoms with E-state index >= 15 is 0 Å². The standard InChI is InChI=1S/C15H21N3O/c1-4-16-10-13-7-5-6-12(2)15(13)19-11-14-8-9-18(3)17-14/h5-9,16H,4,10-11H2,1-3H3. The van der Waals surface area contributed by atoms with Gasteiger partial charge in [-0.25, -0.2) is 0 Å². The van der Waals surface area contributed by atoms with E-state index in [4.69, 9.17) is 4.74 Å². The molecule has 1 aromatic carbocycles. The largest absolute Gasteiger partial charge is 0.487 e. The van der Waals surface area contributed by atoms with Crippen LogP contribution in [0.2, 0.25) is 0 Å². The molecule has 0 atom stereocenters. The monoisotopic (exact) mass is 259 g/mol. The second-order valence-corrected chi connectivity index (χ2v) is 4.61. The van der Waals surface area contributed by atoms with E-state index in [1.807, 2.05) is 19.3 Å². The minimum Gasteiger partial charge on any atom is -0.487 e. The zero-order valence-corrected chi connectivity index (χ0v) is 11.8. The lowest BCUT2D eigenvalue weighted by Crippen LogP contribution is -2.13. The normalized spacial score (nSPS) is 10.7. The first kappa shape index (κ1) is 13.6. The van der Waals surface area contributed by atoms with E-state index in [0.717, 1.165) is 30.1 Å². The van der Waals surface area contributed by atoms with E-state index < -0.39 is 0 Å². The van der Waals surface area contributed by atoms with Crippen molar-refractivity contribution in [2.45, 2.75) is 27.0 Å². The number of aryl methyl sites for hydroxylation is 2. The number of para-hydroxylation sites is 1. The Morgan fingerprint density at radius 1 is 1.32 bits per heavy atom. The maximum Gasteiger partial charge on any atom is 0.132 e. The van der Waals surface area contributed by atoms with Crippen LogP contribution in [-0.4, -0.2) is 16.3 Å². The Balaban J connectivity index is 2.09. The maximum atomic E-state index is 5.95. The number of ether oxygens (including phenoxy) is 1. The Morgan fingerprint density at radius 2 is 2.16 bits per heavy atom. The van der Waals surface area contributed by atoms with E-state index in [2.05, 4.69) is 42.5 Å². The van der Waals surface area contributed by atoms with Crippen LogP contribution in [0.4, 0.5) is 0 Å². The summed E-state index contributed by atoms with van der Waals surface area (Å²) in [4.78, 5) is 0. The number of hydrogen-bond donors (Lipinski definition) is 1. The highest BCUT2D eigenvalue weighted by Gasteiger charge is 2.07. The van der Waals surface area contributed by atoms with Gasteiger partial charge in [-0.3, -0.25) is 4.68 Å². The molecule has 19 heavy (non-hydrogen) atoms. The third-order valence-electron chi connectivity index (χ3n) is 2.99. The Kier molecular flexibility index (Phi) is 4.58. The van der Waals surface area contributed by atoms with Crippen LogP contribution in [0.1, 0.15) is 23.7 Å². The molecular weight excluding hydrogens is 238 g/mol. The van der Waals surface area contributed by atoms with Crippen LogP contribution in [0.15, 0.2) is 30.5 Å². The van der Waals surface area contributed by atoms with Crippen LogP contribution in [0.25, 0.3) is 0 Å². The van der Waals surface area contributed by atoms with Gasteiger partial charge in [0.15, 0.2) is 0 Å². The molecule has 1 aromatic heterocycles. The molecule has 0 saturated heterocycles. The van der Waals surface area contributed by atoms with Gasteiger partial charge in [-0.15, -0.1) is 0 Å². The Labute approximate surface area is 114 Å². The van der Waals surface area contributed by atoms with Crippen molar-refractivity contribution in [2.24, 2.45) is 7.05 Å². The maximum absolute atomic E-state index is 5.95. The van der Waals surface area contributed by atoms with Crippen molar-refractivity contribution in [3.05, 3.63) is 47.3 Å². The minimum atomic E-state index is 0.505. The molecule has 0 saturated carbocycles. The van der Waals surface area contributed by atoms with Crippen LogP contribution < -0.4 is 10.1 Å². The molecule has 0 aliphatic rings. The third kappa shape index (κ3) is 3.58. The lowest BCUT2D eigenvalue weighted by atomic mass is 10.1. The molecule has 0 amide bonds. The van der Waals surface area contributed by atoms with Gasteiger partial charge in [-0.1, -0.05) is 25.1 Å². The Hall–Kier alpha value is -1.81. The molecule has 0 aliphatic heterocycles. The highest BCUT2D eigenvalue weighted by Crippen LogP contribution is 2.24. The average molecular weight is 259 g/mol. The van der Waals surface area contributed by atoms with Gasteiger partial charge in [-0.05, 0) is 25.1 Å². The second kappa shape index (κ2) is 6.38. The van der Waals surface area contributed by atoms with E-state index in [1.165, 1.54) is 5.56 Å². The van der Waals surface area contributed by atoms with E-state index in [-0.39, 0.29) is 0 Å². The first-order valence-corrected chi connectivity index (χ1v) is 6.61. The van der Waals surface area contributed by atoms with Gasteiger partial charge in [-0.2, -0.15) is 5.10 Å². The van der Waals surface area contributed by atoms with Crippen molar-refractivity contribution in [2.75, 3.05) is 6.54 Å². The topological polar surface area (TPSA) is 39.1 Å². The summed E-state index contributed by atoms with van der Waals surface area (Å²) >= 11 is 0. The minimum absolute atomic E-state index is 0.505. The Morgan fingerprint density at radius 3 is 2.84 bits per heavy atom. The summed E-state index contributed by atoms with van der Waals surface area (Å²) in [6.07, 6.45) is 1.93. The molecule has 102 valence electrons. The van der Waals surface area contributed by atoms with Gasteiger partial charge < -0.3 is 10.1 Å². The molecule has 2 aromatic rings.